The number of ether oxygens (including phenoxy) is 1. The quantitative estimate of drug-likeness (QED) is 0.625. The van der Waals surface area contributed by atoms with Gasteiger partial charge in [-0.1, -0.05) is 49.0 Å². The number of carbonyl (C=O) groups is 1. The minimum absolute atomic E-state index is 0.0759. The van der Waals surface area contributed by atoms with Gasteiger partial charge in [-0.05, 0) is 43.2 Å². The first kappa shape index (κ1) is 20.3. The molecular weight excluding hydrogens is 398 g/mol. The molecule has 0 spiro atoms. The first-order chi connectivity index (χ1) is 14.6. The molecule has 0 unspecified atom stereocenters. The van der Waals surface area contributed by atoms with Crippen LogP contribution in [0.25, 0.3) is 0 Å². The lowest BCUT2D eigenvalue weighted by Gasteiger charge is -2.33. The lowest BCUT2D eigenvalue weighted by molar-refractivity contribution is -0.116. The van der Waals surface area contributed by atoms with Crippen LogP contribution in [0.2, 0.25) is 0 Å². The van der Waals surface area contributed by atoms with Crippen molar-refractivity contribution in [2.75, 3.05) is 17.3 Å². The summed E-state index contributed by atoms with van der Waals surface area (Å²) in [5.74, 6) is 1.57. The molecule has 0 saturated heterocycles. The zero-order valence-corrected chi connectivity index (χ0v) is 18.1. The average Bonchev–Trinajstić information content (AvgIpc) is 3.17. The average molecular weight is 424 g/mol. The van der Waals surface area contributed by atoms with Crippen LogP contribution in [0.3, 0.4) is 0 Å². The molecule has 1 aromatic heterocycles. The van der Waals surface area contributed by atoms with Crippen molar-refractivity contribution in [1.82, 2.24) is 14.9 Å². The van der Waals surface area contributed by atoms with E-state index in [-0.39, 0.29) is 11.9 Å². The molecule has 3 aromatic rings. The Morgan fingerprint density at radius 2 is 1.93 bits per heavy atom. The summed E-state index contributed by atoms with van der Waals surface area (Å²) in [4.78, 5) is 13.3. The third kappa shape index (κ3) is 4.00. The van der Waals surface area contributed by atoms with Gasteiger partial charge in [0.1, 0.15) is 11.0 Å². The molecule has 4 rings (SSSR count). The van der Waals surface area contributed by atoms with Crippen LogP contribution in [0.4, 0.5) is 5.69 Å². The number of anilines is 1. The van der Waals surface area contributed by atoms with Crippen molar-refractivity contribution in [2.24, 2.45) is 0 Å². The number of amides is 1. The molecule has 30 heavy (non-hydrogen) atoms. The Morgan fingerprint density at radius 3 is 2.63 bits per heavy atom. The first-order valence-corrected chi connectivity index (χ1v) is 11.0. The van der Waals surface area contributed by atoms with Gasteiger partial charge in [-0.3, -0.25) is 4.79 Å². The van der Waals surface area contributed by atoms with Crippen LogP contribution in [0, 0.1) is 6.92 Å². The van der Waals surface area contributed by atoms with E-state index in [0.717, 1.165) is 34.8 Å². The Morgan fingerprint density at radius 1 is 1.17 bits per heavy atom. The van der Waals surface area contributed by atoms with E-state index in [1.165, 1.54) is 11.8 Å². The molecule has 1 amide bonds. The van der Waals surface area contributed by atoms with Crippen molar-refractivity contribution in [3.8, 4) is 5.75 Å². The summed E-state index contributed by atoms with van der Waals surface area (Å²) in [6.07, 6.45) is 0.747. The predicted octanol–water partition coefficient (Wildman–Crippen LogP) is 3.95. The van der Waals surface area contributed by atoms with Crippen LogP contribution < -0.4 is 15.5 Å². The van der Waals surface area contributed by atoms with Crippen molar-refractivity contribution >= 4 is 23.4 Å². The Hall–Kier alpha value is -3.00. The van der Waals surface area contributed by atoms with Gasteiger partial charge in [0.05, 0.1) is 12.6 Å². The van der Waals surface area contributed by atoms with Gasteiger partial charge in [0.25, 0.3) is 0 Å². The number of carbonyl (C=O) groups excluding carboxylic acids is 1. The smallest absolute Gasteiger partial charge is 0.240 e. The largest absolute Gasteiger partial charge is 0.494 e. The summed E-state index contributed by atoms with van der Waals surface area (Å²) >= 11 is 1.43. The minimum Gasteiger partial charge on any atom is -0.494 e. The molecule has 156 valence electrons. The summed E-state index contributed by atoms with van der Waals surface area (Å²) in [5, 5.41) is 11.9. The molecule has 2 atom stereocenters. The maximum Gasteiger partial charge on any atom is 0.240 e. The number of rotatable bonds is 6. The second kappa shape index (κ2) is 8.79. The van der Waals surface area contributed by atoms with E-state index in [1.54, 1.807) is 0 Å². The maximum atomic E-state index is 13.3. The van der Waals surface area contributed by atoms with E-state index in [1.807, 2.05) is 74.0 Å². The SMILES string of the molecule is CCOc1ccc([C@H]2Nn3c(CC)nnc3S[C@@H]2C(=O)Nc2ccccc2C)cc1. The van der Waals surface area contributed by atoms with Gasteiger partial charge in [-0.25, -0.2) is 4.68 Å². The van der Waals surface area contributed by atoms with Crippen LogP contribution in [-0.4, -0.2) is 32.6 Å². The third-order valence-electron chi connectivity index (χ3n) is 5.03. The Kier molecular flexibility index (Phi) is 5.94. The second-order valence-corrected chi connectivity index (χ2v) is 8.15. The molecule has 8 heteroatoms. The van der Waals surface area contributed by atoms with E-state index in [0.29, 0.717) is 11.8 Å². The summed E-state index contributed by atoms with van der Waals surface area (Å²) in [6.45, 7) is 6.59. The van der Waals surface area contributed by atoms with E-state index >= 15 is 0 Å². The van der Waals surface area contributed by atoms with Crippen molar-refractivity contribution in [3.63, 3.8) is 0 Å². The normalized spacial score (nSPS) is 17.7. The fourth-order valence-electron chi connectivity index (χ4n) is 3.43. The van der Waals surface area contributed by atoms with E-state index in [4.69, 9.17) is 4.74 Å². The van der Waals surface area contributed by atoms with Gasteiger partial charge in [0, 0.05) is 12.1 Å². The van der Waals surface area contributed by atoms with Crippen molar-refractivity contribution in [3.05, 3.63) is 65.5 Å². The lowest BCUT2D eigenvalue weighted by atomic mass is 10.0. The van der Waals surface area contributed by atoms with E-state index in [9.17, 15) is 4.79 Å². The molecule has 0 aliphatic carbocycles. The highest BCUT2D eigenvalue weighted by Crippen LogP contribution is 2.38. The number of nitrogens with one attached hydrogen (secondary N) is 2. The molecule has 1 aliphatic rings. The summed E-state index contributed by atoms with van der Waals surface area (Å²) in [7, 11) is 0. The highest BCUT2D eigenvalue weighted by molar-refractivity contribution is 8.00. The fourth-order valence-corrected chi connectivity index (χ4v) is 4.53. The van der Waals surface area contributed by atoms with Gasteiger partial charge in [-0.2, -0.15) is 0 Å². The Labute approximate surface area is 180 Å². The molecule has 2 N–H and O–H groups in total. The zero-order valence-electron chi connectivity index (χ0n) is 17.3. The molecule has 0 fully saturated rings. The van der Waals surface area contributed by atoms with Gasteiger partial charge in [-0.15, -0.1) is 10.2 Å². The summed E-state index contributed by atoms with van der Waals surface area (Å²) in [5.41, 5.74) is 6.30. The molecular formula is C22H25N5O2S. The van der Waals surface area contributed by atoms with E-state index < -0.39 is 5.25 Å². The van der Waals surface area contributed by atoms with Crippen LogP contribution >= 0.6 is 11.8 Å². The van der Waals surface area contributed by atoms with Gasteiger partial charge >= 0.3 is 0 Å². The number of benzene rings is 2. The van der Waals surface area contributed by atoms with Crippen molar-refractivity contribution < 1.29 is 9.53 Å². The molecule has 0 saturated carbocycles. The van der Waals surface area contributed by atoms with Crippen molar-refractivity contribution in [1.29, 1.82) is 0 Å². The zero-order chi connectivity index (χ0) is 21.1. The maximum absolute atomic E-state index is 13.3. The monoisotopic (exact) mass is 423 g/mol. The highest BCUT2D eigenvalue weighted by atomic mass is 32.2. The number of nitrogens with zero attached hydrogens (tertiary/aromatic N) is 3. The van der Waals surface area contributed by atoms with Crippen molar-refractivity contribution in [2.45, 2.75) is 43.6 Å². The first-order valence-electron chi connectivity index (χ1n) is 10.1. The van der Waals surface area contributed by atoms with Crippen LogP contribution in [-0.2, 0) is 11.2 Å². The number of hydrogen-bond acceptors (Lipinski definition) is 6. The van der Waals surface area contributed by atoms with Crippen LogP contribution in [0.1, 0.15) is 36.8 Å². The highest BCUT2D eigenvalue weighted by Gasteiger charge is 2.37. The van der Waals surface area contributed by atoms with Gasteiger partial charge < -0.3 is 15.5 Å². The number of para-hydroxylation sites is 1. The van der Waals surface area contributed by atoms with Crippen LogP contribution in [0.5, 0.6) is 5.75 Å². The molecule has 2 aromatic carbocycles. The van der Waals surface area contributed by atoms with Crippen LogP contribution in [0.15, 0.2) is 53.7 Å². The number of aryl methyl sites for hydroxylation is 2. The van der Waals surface area contributed by atoms with Gasteiger partial charge in [0.15, 0.2) is 5.82 Å². The third-order valence-corrected chi connectivity index (χ3v) is 6.25. The second-order valence-electron chi connectivity index (χ2n) is 7.04. The molecule has 2 heterocycles. The molecule has 1 aliphatic heterocycles. The minimum atomic E-state index is -0.413. The van der Waals surface area contributed by atoms with Gasteiger partial charge in [0.2, 0.25) is 11.1 Å². The lowest BCUT2D eigenvalue weighted by Crippen LogP contribution is -2.41. The molecule has 0 bridgehead atoms. The number of hydrogen-bond donors (Lipinski definition) is 2. The predicted molar refractivity (Wildman–Crippen MR) is 119 cm³/mol. The Balaban J connectivity index is 1.66. The Bertz CT molecular complexity index is 1030. The number of fused-ring (bicyclic) bond motifs is 1. The summed E-state index contributed by atoms with van der Waals surface area (Å²) < 4.78 is 7.46. The van der Waals surface area contributed by atoms with E-state index in [2.05, 4.69) is 20.9 Å². The fraction of sp³-hybridized carbons (Fsp3) is 0.318. The standard InChI is InChI=1S/C22H25N5O2S/c1-4-18-24-25-22-27(18)26-19(15-10-12-16(13-11-15)29-5-2)20(30-22)21(28)23-17-9-7-6-8-14(17)3/h6-13,19-20,26H,4-5H2,1-3H3,(H,23,28)/t19-,20+/m1/s1. The topological polar surface area (TPSA) is 81.1 Å². The number of thioether (sulfide) groups is 1. The molecule has 7 nitrogen and oxygen atoms in total. The summed E-state index contributed by atoms with van der Waals surface area (Å²) in [6, 6.07) is 15.4. The molecule has 0 radical (unpaired) electrons. The number of aromatic nitrogens is 3.